The maximum Gasteiger partial charge on any atom is 0.122 e. The van der Waals surface area contributed by atoms with Gasteiger partial charge in [0.25, 0.3) is 0 Å². The second-order valence-electron chi connectivity index (χ2n) is 6.36. The minimum atomic E-state index is 0.120. The van der Waals surface area contributed by atoms with Crippen LogP contribution in [0.3, 0.4) is 0 Å². The van der Waals surface area contributed by atoms with E-state index in [4.69, 9.17) is 0 Å². The van der Waals surface area contributed by atoms with Gasteiger partial charge in [0.15, 0.2) is 0 Å². The third-order valence-corrected chi connectivity index (χ3v) is 4.55. The molecule has 0 heterocycles. The lowest BCUT2D eigenvalue weighted by Crippen LogP contribution is -1.96. The Balaban J connectivity index is 1.83. The number of aromatic hydroxyl groups is 2. The smallest absolute Gasteiger partial charge is 0.122 e. The summed E-state index contributed by atoms with van der Waals surface area (Å²) >= 11 is 0. The predicted octanol–water partition coefficient (Wildman–Crippen LogP) is 4.36. The normalized spacial score (nSPS) is 10.5. The zero-order chi connectivity index (χ0) is 18.5. The fraction of sp³-hybridized carbons (Fsp3) is 0.182. The molecule has 134 valence electrons. The first-order valence-electron chi connectivity index (χ1n) is 8.66. The monoisotopic (exact) mass is 348 g/mol. The fourth-order valence-electron chi connectivity index (χ4n) is 2.97. The van der Waals surface area contributed by atoms with E-state index in [2.05, 4.69) is 10.6 Å². The molecule has 26 heavy (non-hydrogen) atoms. The number of benzene rings is 3. The molecule has 0 aromatic heterocycles. The summed E-state index contributed by atoms with van der Waals surface area (Å²) in [6.45, 7) is 0. The van der Waals surface area contributed by atoms with Crippen LogP contribution in [0.4, 0.5) is 11.4 Å². The van der Waals surface area contributed by atoms with Crippen LogP contribution in [0.5, 0.6) is 11.5 Å². The average molecular weight is 348 g/mol. The third kappa shape index (κ3) is 4.09. The van der Waals surface area contributed by atoms with E-state index in [0.29, 0.717) is 12.8 Å². The van der Waals surface area contributed by atoms with Gasteiger partial charge in [-0.2, -0.15) is 0 Å². The molecule has 3 aromatic carbocycles. The Morgan fingerprint density at radius 2 is 1.00 bits per heavy atom. The first-order valence-corrected chi connectivity index (χ1v) is 8.66. The van der Waals surface area contributed by atoms with Gasteiger partial charge in [0.1, 0.15) is 11.5 Å². The number of nitrogens with one attached hydrogen (secondary N) is 2. The summed E-state index contributed by atoms with van der Waals surface area (Å²) in [7, 11) is 3.77. The molecule has 0 saturated heterocycles. The van der Waals surface area contributed by atoms with E-state index in [-0.39, 0.29) is 11.5 Å². The zero-order valence-corrected chi connectivity index (χ0v) is 15.1. The van der Waals surface area contributed by atoms with Gasteiger partial charge in [0, 0.05) is 44.4 Å². The molecule has 0 amide bonds. The Bertz CT molecular complexity index is 801. The van der Waals surface area contributed by atoms with Gasteiger partial charge in [-0.15, -0.1) is 0 Å². The summed E-state index contributed by atoms with van der Waals surface area (Å²) in [5.41, 5.74) is 5.93. The predicted molar refractivity (Wildman–Crippen MR) is 107 cm³/mol. The van der Waals surface area contributed by atoms with Crippen LogP contribution >= 0.6 is 0 Å². The molecule has 0 saturated carbocycles. The highest BCUT2D eigenvalue weighted by Gasteiger charge is 2.10. The quantitative estimate of drug-likeness (QED) is 0.534. The van der Waals surface area contributed by atoms with Crippen molar-refractivity contribution in [2.24, 2.45) is 0 Å². The van der Waals surface area contributed by atoms with Crippen LogP contribution < -0.4 is 10.6 Å². The van der Waals surface area contributed by atoms with Crippen LogP contribution in [-0.4, -0.2) is 24.3 Å². The van der Waals surface area contributed by atoms with Crippen molar-refractivity contribution in [1.82, 2.24) is 0 Å². The van der Waals surface area contributed by atoms with Crippen molar-refractivity contribution < 1.29 is 10.2 Å². The first-order chi connectivity index (χ1) is 12.6. The van der Waals surface area contributed by atoms with Crippen LogP contribution in [0.1, 0.15) is 22.3 Å². The van der Waals surface area contributed by atoms with E-state index in [1.165, 1.54) is 6.07 Å². The van der Waals surface area contributed by atoms with Gasteiger partial charge in [0.05, 0.1) is 0 Å². The Kier molecular flexibility index (Phi) is 5.32. The van der Waals surface area contributed by atoms with Crippen molar-refractivity contribution in [2.75, 3.05) is 24.7 Å². The van der Waals surface area contributed by atoms with Gasteiger partial charge in [-0.05, 0) is 52.6 Å². The summed E-state index contributed by atoms with van der Waals surface area (Å²) < 4.78 is 0. The van der Waals surface area contributed by atoms with Gasteiger partial charge >= 0.3 is 0 Å². The standard InChI is InChI=1S/C22H24N2O2/c1-23-19-7-3-15(4-8-19)11-17-13-18(22(26)14-21(17)25)12-16-5-9-20(24-2)10-6-16/h3-10,13-14,23-26H,11-12H2,1-2H3. The highest BCUT2D eigenvalue weighted by atomic mass is 16.3. The Labute approximate surface area is 154 Å². The average Bonchev–Trinajstić information content (AvgIpc) is 2.66. The number of hydrogen-bond acceptors (Lipinski definition) is 4. The molecule has 0 unspecified atom stereocenters. The molecule has 0 aliphatic heterocycles. The molecule has 3 aromatic rings. The van der Waals surface area contributed by atoms with Crippen molar-refractivity contribution in [3.63, 3.8) is 0 Å². The number of phenolic OH excluding ortho intramolecular Hbond substituents is 2. The summed E-state index contributed by atoms with van der Waals surface area (Å²) in [6, 6.07) is 19.5. The van der Waals surface area contributed by atoms with Crippen molar-refractivity contribution >= 4 is 11.4 Å². The minimum absolute atomic E-state index is 0.120. The topological polar surface area (TPSA) is 64.5 Å². The molecule has 0 bridgehead atoms. The molecule has 4 N–H and O–H groups in total. The van der Waals surface area contributed by atoms with E-state index in [1.807, 2.05) is 68.7 Å². The summed E-state index contributed by atoms with van der Waals surface area (Å²) in [4.78, 5) is 0. The lowest BCUT2D eigenvalue weighted by Gasteiger charge is -2.12. The largest absolute Gasteiger partial charge is 0.508 e. The molecule has 4 nitrogen and oxygen atoms in total. The van der Waals surface area contributed by atoms with Gasteiger partial charge in [-0.25, -0.2) is 0 Å². The van der Waals surface area contributed by atoms with Crippen LogP contribution in [0.25, 0.3) is 0 Å². The molecule has 0 spiro atoms. The van der Waals surface area contributed by atoms with E-state index in [9.17, 15) is 10.2 Å². The summed E-state index contributed by atoms with van der Waals surface area (Å²) in [5.74, 6) is 0.240. The molecular weight excluding hydrogens is 324 g/mol. The van der Waals surface area contributed by atoms with Crippen LogP contribution in [0.15, 0.2) is 60.7 Å². The third-order valence-electron chi connectivity index (χ3n) is 4.55. The lowest BCUT2D eigenvalue weighted by molar-refractivity contribution is 0.443. The Hall–Kier alpha value is -3.14. The fourth-order valence-corrected chi connectivity index (χ4v) is 2.97. The highest BCUT2D eigenvalue weighted by Crippen LogP contribution is 2.31. The highest BCUT2D eigenvalue weighted by molar-refractivity contribution is 5.51. The lowest BCUT2D eigenvalue weighted by atomic mass is 9.97. The number of phenols is 2. The second-order valence-corrected chi connectivity index (χ2v) is 6.36. The van der Waals surface area contributed by atoms with Crippen molar-refractivity contribution in [1.29, 1.82) is 0 Å². The van der Waals surface area contributed by atoms with Gasteiger partial charge < -0.3 is 20.8 Å². The van der Waals surface area contributed by atoms with Crippen molar-refractivity contribution in [3.05, 3.63) is 82.9 Å². The minimum Gasteiger partial charge on any atom is -0.508 e. The second kappa shape index (κ2) is 7.83. The SMILES string of the molecule is CNc1ccc(Cc2cc(Cc3ccc(NC)cc3)c(O)cc2O)cc1. The maximum absolute atomic E-state index is 10.2. The number of hydrogen-bond donors (Lipinski definition) is 4. The molecule has 0 fully saturated rings. The molecule has 4 heteroatoms. The molecule has 0 atom stereocenters. The van der Waals surface area contributed by atoms with E-state index in [0.717, 1.165) is 33.6 Å². The summed E-state index contributed by atoms with van der Waals surface area (Å²) in [6.07, 6.45) is 1.23. The zero-order valence-electron chi connectivity index (χ0n) is 15.1. The van der Waals surface area contributed by atoms with Crippen LogP contribution in [0.2, 0.25) is 0 Å². The Morgan fingerprint density at radius 3 is 1.35 bits per heavy atom. The van der Waals surface area contributed by atoms with Gasteiger partial charge in [0.2, 0.25) is 0 Å². The number of anilines is 2. The molecule has 3 rings (SSSR count). The molecular formula is C22H24N2O2. The van der Waals surface area contributed by atoms with Gasteiger partial charge in [-0.1, -0.05) is 24.3 Å². The molecule has 0 aliphatic rings. The van der Waals surface area contributed by atoms with Crippen molar-refractivity contribution in [3.8, 4) is 11.5 Å². The van der Waals surface area contributed by atoms with Crippen molar-refractivity contribution in [2.45, 2.75) is 12.8 Å². The first kappa shape index (κ1) is 17.7. The molecule has 0 aliphatic carbocycles. The number of rotatable bonds is 6. The Morgan fingerprint density at radius 1 is 0.615 bits per heavy atom. The van der Waals surface area contributed by atoms with Crippen LogP contribution in [0, 0.1) is 0 Å². The van der Waals surface area contributed by atoms with E-state index >= 15 is 0 Å². The van der Waals surface area contributed by atoms with E-state index < -0.39 is 0 Å². The maximum atomic E-state index is 10.2. The molecule has 0 radical (unpaired) electrons. The van der Waals surface area contributed by atoms with E-state index in [1.54, 1.807) is 0 Å². The van der Waals surface area contributed by atoms with Crippen LogP contribution in [-0.2, 0) is 12.8 Å². The van der Waals surface area contributed by atoms with Gasteiger partial charge in [-0.3, -0.25) is 0 Å². The summed E-state index contributed by atoms with van der Waals surface area (Å²) in [5, 5.41) is 26.7.